The van der Waals surface area contributed by atoms with Crippen LogP contribution in [0.1, 0.15) is 26.2 Å². The monoisotopic (exact) mass is 148 g/mol. The van der Waals surface area contributed by atoms with Crippen molar-refractivity contribution in [3.05, 3.63) is 0 Å². The van der Waals surface area contributed by atoms with Crippen molar-refractivity contribution in [1.29, 1.82) is 0 Å². The van der Waals surface area contributed by atoms with Crippen LogP contribution in [-0.4, -0.2) is 25.3 Å². The number of ether oxygens (including phenoxy) is 2. The van der Waals surface area contributed by atoms with Crippen LogP contribution < -0.4 is 0 Å². The molecule has 62 valence electrons. The Bertz CT molecular complexity index is 48.8. The van der Waals surface area contributed by atoms with E-state index in [9.17, 15) is 0 Å². The lowest BCUT2D eigenvalue weighted by Gasteiger charge is -2.01. The molecule has 0 aliphatic carbocycles. The Balaban J connectivity index is 2.65. The fourth-order valence-corrected chi connectivity index (χ4v) is 0.609. The van der Waals surface area contributed by atoms with E-state index in [1.54, 1.807) is 0 Å². The van der Waals surface area contributed by atoms with E-state index in [0.29, 0.717) is 0 Å². The van der Waals surface area contributed by atoms with Gasteiger partial charge in [0.15, 0.2) is 0 Å². The average Bonchev–Trinajstić information content (AvgIpc) is 1.97. The maximum Gasteiger partial charge on any atom is 0.149 e. The van der Waals surface area contributed by atoms with E-state index in [0.717, 1.165) is 13.0 Å². The largest absolute Gasteiger partial charge is 0.371 e. The van der Waals surface area contributed by atoms with Gasteiger partial charge in [-0.1, -0.05) is 19.8 Å². The Hall–Kier alpha value is -0.120. The normalized spacial score (nSPS) is 10.2. The molecule has 0 atom stereocenters. The highest BCUT2D eigenvalue weighted by atomic mass is 16.7. The van der Waals surface area contributed by atoms with Crippen LogP contribution in [0.2, 0.25) is 0 Å². The second-order valence-corrected chi connectivity index (χ2v) is 2.07. The third-order valence-corrected chi connectivity index (χ3v) is 1.15. The van der Waals surface area contributed by atoms with E-state index in [4.69, 9.17) is 9.84 Å². The molecule has 3 nitrogen and oxygen atoms in total. The maximum atomic E-state index is 8.17. The highest BCUT2D eigenvalue weighted by Gasteiger charge is 1.86. The zero-order valence-electron chi connectivity index (χ0n) is 6.51. The van der Waals surface area contributed by atoms with E-state index in [-0.39, 0.29) is 13.6 Å². The first-order valence-electron chi connectivity index (χ1n) is 3.68. The molecule has 1 N–H and O–H groups in total. The Kier molecular flexibility index (Phi) is 8.77. The van der Waals surface area contributed by atoms with Crippen molar-refractivity contribution >= 4 is 0 Å². The van der Waals surface area contributed by atoms with Gasteiger partial charge in [0.05, 0.1) is 0 Å². The molecular formula is C7H16O3. The average molecular weight is 148 g/mol. The summed E-state index contributed by atoms with van der Waals surface area (Å²) in [6.07, 6.45) is 3.47. The third kappa shape index (κ3) is 7.88. The summed E-state index contributed by atoms with van der Waals surface area (Å²) in [5.74, 6) is 0. The summed E-state index contributed by atoms with van der Waals surface area (Å²) in [5.41, 5.74) is 0. The number of rotatable bonds is 7. The summed E-state index contributed by atoms with van der Waals surface area (Å²) >= 11 is 0. The minimum Gasteiger partial charge on any atom is -0.371 e. The Morgan fingerprint density at radius 1 is 1.20 bits per heavy atom. The summed E-state index contributed by atoms with van der Waals surface area (Å²) in [6.45, 7) is 2.83. The number of unbranched alkanes of at least 4 members (excludes halogenated alkanes) is 2. The molecular weight excluding hydrogens is 132 g/mol. The van der Waals surface area contributed by atoms with Gasteiger partial charge in [-0.25, -0.2) is 0 Å². The van der Waals surface area contributed by atoms with E-state index >= 15 is 0 Å². The molecule has 0 heterocycles. The third-order valence-electron chi connectivity index (χ3n) is 1.15. The summed E-state index contributed by atoms with van der Waals surface area (Å²) in [6, 6.07) is 0. The minimum atomic E-state index is -0.256. The molecule has 3 heteroatoms. The Morgan fingerprint density at radius 2 is 2.00 bits per heavy atom. The van der Waals surface area contributed by atoms with Gasteiger partial charge in [0.1, 0.15) is 13.6 Å². The zero-order valence-corrected chi connectivity index (χ0v) is 6.51. The van der Waals surface area contributed by atoms with Gasteiger partial charge in [0, 0.05) is 6.61 Å². The second-order valence-electron chi connectivity index (χ2n) is 2.07. The zero-order chi connectivity index (χ0) is 7.66. The van der Waals surface area contributed by atoms with Crippen molar-refractivity contribution < 1.29 is 14.6 Å². The van der Waals surface area contributed by atoms with E-state index < -0.39 is 0 Å². The van der Waals surface area contributed by atoms with Crippen molar-refractivity contribution in [1.82, 2.24) is 0 Å². The molecule has 0 amide bonds. The summed E-state index contributed by atoms with van der Waals surface area (Å²) in [7, 11) is 0. The smallest absolute Gasteiger partial charge is 0.149 e. The molecule has 0 radical (unpaired) electrons. The van der Waals surface area contributed by atoms with Gasteiger partial charge >= 0.3 is 0 Å². The molecule has 0 saturated heterocycles. The lowest BCUT2D eigenvalue weighted by Crippen LogP contribution is -2.01. The first kappa shape index (κ1) is 9.88. The number of aliphatic hydroxyl groups is 1. The molecule has 0 aromatic carbocycles. The fourth-order valence-electron chi connectivity index (χ4n) is 0.609. The van der Waals surface area contributed by atoms with Gasteiger partial charge in [0.25, 0.3) is 0 Å². The SMILES string of the molecule is CCCCCOCOCO. The first-order chi connectivity index (χ1) is 4.91. The molecule has 0 aromatic rings. The number of hydrogen-bond donors (Lipinski definition) is 1. The molecule has 0 fully saturated rings. The summed E-state index contributed by atoms with van der Waals surface area (Å²) in [4.78, 5) is 0. The molecule has 0 spiro atoms. The maximum absolute atomic E-state index is 8.17. The van der Waals surface area contributed by atoms with Crippen LogP contribution >= 0.6 is 0 Å². The van der Waals surface area contributed by atoms with Crippen molar-refractivity contribution in [3.63, 3.8) is 0 Å². The molecule has 0 aromatic heterocycles. The van der Waals surface area contributed by atoms with Crippen LogP contribution in [0.15, 0.2) is 0 Å². The predicted molar refractivity (Wildman–Crippen MR) is 38.5 cm³/mol. The minimum absolute atomic E-state index is 0.209. The Labute approximate surface area is 62.0 Å². The van der Waals surface area contributed by atoms with Crippen LogP contribution in [-0.2, 0) is 9.47 Å². The fraction of sp³-hybridized carbons (Fsp3) is 1.00. The summed E-state index contributed by atoms with van der Waals surface area (Å²) < 4.78 is 9.54. The van der Waals surface area contributed by atoms with Gasteiger partial charge in [-0.05, 0) is 6.42 Å². The number of hydrogen-bond acceptors (Lipinski definition) is 3. The topological polar surface area (TPSA) is 38.7 Å². The van der Waals surface area contributed by atoms with Crippen LogP contribution in [0.3, 0.4) is 0 Å². The molecule has 10 heavy (non-hydrogen) atoms. The van der Waals surface area contributed by atoms with Crippen molar-refractivity contribution in [2.24, 2.45) is 0 Å². The van der Waals surface area contributed by atoms with E-state index in [1.807, 2.05) is 0 Å². The molecule has 0 bridgehead atoms. The van der Waals surface area contributed by atoms with Crippen LogP contribution in [0.25, 0.3) is 0 Å². The van der Waals surface area contributed by atoms with E-state index in [1.165, 1.54) is 12.8 Å². The lowest BCUT2D eigenvalue weighted by atomic mass is 10.3. The lowest BCUT2D eigenvalue weighted by molar-refractivity contribution is -0.108. The molecule has 0 aliphatic heterocycles. The standard InChI is InChI=1S/C7H16O3/c1-2-3-4-5-9-7-10-6-8/h8H,2-7H2,1H3. The van der Waals surface area contributed by atoms with Gasteiger partial charge in [-0.3, -0.25) is 0 Å². The summed E-state index contributed by atoms with van der Waals surface area (Å²) in [5, 5.41) is 8.17. The van der Waals surface area contributed by atoms with Gasteiger partial charge in [-0.2, -0.15) is 0 Å². The van der Waals surface area contributed by atoms with Crippen molar-refractivity contribution in [2.75, 3.05) is 20.2 Å². The molecule has 0 aliphatic rings. The molecule has 0 rings (SSSR count). The van der Waals surface area contributed by atoms with Crippen LogP contribution in [0, 0.1) is 0 Å². The highest BCUT2D eigenvalue weighted by molar-refractivity contribution is 4.33. The second kappa shape index (κ2) is 8.88. The first-order valence-corrected chi connectivity index (χ1v) is 3.68. The predicted octanol–water partition coefficient (Wildman–Crippen LogP) is 1.12. The Morgan fingerprint density at radius 3 is 2.60 bits per heavy atom. The van der Waals surface area contributed by atoms with Crippen LogP contribution in [0.5, 0.6) is 0 Å². The van der Waals surface area contributed by atoms with E-state index in [2.05, 4.69) is 11.7 Å². The van der Waals surface area contributed by atoms with Gasteiger partial charge in [-0.15, -0.1) is 0 Å². The molecule has 0 unspecified atom stereocenters. The van der Waals surface area contributed by atoms with Crippen molar-refractivity contribution in [2.45, 2.75) is 26.2 Å². The van der Waals surface area contributed by atoms with Gasteiger partial charge < -0.3 is 14.6 Å². The van der Waals surface area contributed by atoms with Gasteiger partial charge in [0.2, 0.25) is 0 Å². The molecule has 0 saturated carbocycles. The quantitative estimate of drug-likeness (QED) is 0.434. The van der Waals surface area contributed by atoms with Crippen molar-refractivity contribution in [3.8, 4) is 0 Å². The van der Waals surface area contributed by atoms with Crippen LogP contribution in [0.4, 0.5) is 0 Å². The number of aliphatic hydroxyl groups excluding tert-OH is 1. The highest BCUT2D eigenvalue weighted by Crippen LogP contribution is 1.93.